The third-order valence-corrected chi connectivity index (χ3v) is 4.36. The number of ether oxygens (including phenoxy) is 1. The van der Waals surface area contributed by atoms with Gasteiger partial charge in [0.2, 0.25) is 0 Å². The number of carbonyl (C=O) groups is 1. The Morgan fingerprint density at radius 1 is 1.26 bits per heavy atom. The van der Waals surface area contributed by atoms with Gasteiger partial charge in [-0.25, -0.2) is 4.98 Å². The van der Waals surface area contributed by atoms with Crippen LogP contribution in [0.4, 0.5) is 0 Å². The highest BCUT2D eigenvalue weighted by atomic mass is 32.1. The molecule has 3 rings (SSSR count). The minimum atomic E-state index is -0.481. The molecule has 1 amide bonds. The van der Waals surface area contributed by atoms with Crippen molar-refractivity contribution < 1.29 is 9.53 Å². The number of amides is 1. The first-order chi connectivity index (χ1) is 11.0. The fourth-order valence-corrected chi connectivity index (χ4v) is 2.88. The minimum Gasteiger partial charge on any atom is -0.497 e. The largest absolute Gasteiger partial charge is 0.497 e. The van der Waals surface area contributed by atoms with E-state index in [2.05, 4.69) is 17.8 Å². The van der Waals surface area contributed by atoms with E-state index in [1.165, 1.54) is 0 Å². The number of carbonyl (C=O) groups excluding carboxylic acids is 1. The van der Waals surface area contributed by atoms with Crippen LogP contribution in [0.15, 0.2) is 36.4 Å². The second kappa shape index (κ2) is 5.96. The van der Waals surface area contributed by atoms with E-state index in [-0.39, 0.29) is 0 Å². The molecule has 0 spiro atoms. The topological polar surface area (TPSA) is 70.1 Å². The predicted octanol–water partition coefficient (Wildman–Crippen LogP) is 2.74. The summed E-state index contributed by atoms with van der Waals surface area (Å²) in [6, 6.07) is 11.5. The fourth-order valence-electron chi connectivity index (χ4n) is 2.68. The van der Waals surface area contributed by atoms with Gasteiger partial charge in [-0.2, -0.15) is 0 Å². The average molecular weight is 327 g/mol. The van der Waals surface area contributed by atoms with Crippen molar-refractivity contribution in [2.24, 2.45) is 5.73 Å². The molecule has 5 nitrogen and oxygen atoms in total. The van der Waals surface area contributed by atoms with E-state index < -0.39 is 5.91 Å². The lowest BCUT2D eigenvalue weighted by Crippen LogP contribution is -2.15. The third-order valence-electron chi connectivity index (χ3n) is 3.85. The molecule has 0 atom stereocenters. The molecule has 0 saturated heterocycles. The molecule has 0 fully saturated rings. The maximum absolute atomic E-state index is 12.0. The van der Waals surface area contributed by atoms with Crippen LogP contribution in [-0.4, -0.2) is 22.0 Å². The summed E-state index contributed by atoms with van der Waals surface area (Å²) >= 11 is 4.37. The quantitative estimate of drug-likeness (QED) is 0.724. The molecule has 0 aliphatic carbocycles. The van der Waals surface area contributed by atoms with Crippen LogP contribution < -0.4 is 10.5 Å². The number of aryl methyl sites for hydroxylation is 1. The van der Waals surface area contributed by atoms with Crippen LogP contribution in [0.2, 0.25) is 0 Å². The molecule has 0 unspecified atom stereocenters. The van der Waals surface area contributed by atoms with Crippen molar-refractivity contribution in [2.45, 2.75) is 13.3 Å². The summed E-state index contributed by atoms with van der Waals surface area (Å²) in [6.07, 6.45) is 0.594. The summed E-state index contributed by atoms with van der Waals surface area (Å²) in [5, 5.41) is 0. The third kappa shape index (κ3) is 2.77. The summed E-state index contributed by atoms with van der Waals surface area (Å²) in [4.78, 5) is 16.4. The number of imidazole rings is 1. The van der Waals surface area contributed by atoms with Crippen LogP contribution in [0.1, 0.15) is 27.3 Å². The van der Waals surface area contributed by atoms with Gasteiger partial charge in [0, 0.05) is 0 Å². The zero-order chi connectivity index (χ0) is 16.6. The van der Waals surface area contributed by atoms with Crippen LogP contribution in [0, 0.1) is 6.92 Å². The summed E-state index contributed by atoms with van der Waals surface area (Å²) < 4.78 is 6.81. The van der Waals surface area contributed by atoms with Gasteiger partial charge < -0.3 is 10.5 Å². The molecule has 118 valence electrons. The lowest BCUT2D eigenvalue weighted by atomic mass is 9.98. The van der Waals surface area contributed by atoms with Gasteiger partial charge in [0.05, 0.1) is 18.2 Å². The van der Waals surface area contributed by atoms with Crippen molar-refractivity contribution in [1.82, 2.24) is 8.96 Å². The number of methoxy groups -OCH3 is 1. The molecule has 3 aromatic rings. The molecule has 0 radical (unpaired) electrons. The van der Waals surface area contributed by atoms with Gasteiger partial charge in [-0.3, -0.25) is 8.77 Å². The van der Waals surface area contributed by atoms with Crippen LogP contribution >= 0.6 is 12.8 Å². The van der Waals surface area contributed by atoms with Gasteiger partial charge in [0.1, 0.15) is 17.1 Å². The lowest BCUT2D eigenvalue weighted by Gasteiger charge is -2.09. The van der Waals surface area contributed by atoms with Crippen molar-refractivity contribution in [3.8, 4) is 5.75 Å². The summed E-state index contributed by atoms with van der Waals surface area (Å²) in [5.41, 5.74) is 9.34. The molecule has 0 bridgehead atoms. The molecule has 0 aliphatic heterocycles. The SMILES string of the molecule is COc1ccc(Cc2ccc3c(nc(C)n3S)c2C(N)=O)cc1. The highest BCUT2D eigenvalue weighted by Crippen LogP contribution is 2.26. The van der Waals surface area contributed by atoms with Crippen molar-refractivity contribution in [3.05, 3.63) is 58.9 Å². The number of hydrogen-bond donors (Lipinski definition) is 2. The van der Waals surface area contributed by atoms with E-state index in [0.717, 1.165) is 22.4 Å². The zero-order valence-corrected chi connectivity index (χ0v) is 13.8. The molecule has 1 aromatic heterocycles. The molecule has 1 heterocycles. The van der Waals surface area contributed by atoms with Gasteiger partial charge in [0.15, 0.2) is 0 Å². The maximum Gasteiger partial charge on any atom is 0.251 e. The number of hydrogen-bond acceptors (Lipinski definition) is 4. The first-order valence-electron chi connectivity index (χ1n) is 7.14. The minimum absolute atomic E-state index is 0.453. The zero-order valence-electron chi connectivity index (χ0n) is 12.9. The Morgan fingerprint density at radius 3 is 2.57 bits per heavy atom. The Labute approximate surface area is 139 Å². The Balaban J connectivity index is 2.09. The van der Waals surface area contributed by atoms with Crippen molar-refractivity contribution in [3.63, 3.8) is 0 Å². The van der Waals surface area contributed by atoms with Crippen LogP contribution in [0.5, 0.6) is 5.75 Å². The number of nitrogens with zero attached hydrogens (tertiary/aromatic N) is 2. The normalized spacial score (nSPS) is 10.9. The molecule has 0 aliphatic rings. The number of primary amides is 1. The predicted molar refractivity (Wildman–Crippen MR) is 93.2 cm³/mol. The van der Waals surface area contributed by atoms with E-state index in [4.69, 9.17) is 10.5 Å². The molecule has 0 saturated carbocycles. The summed E-state index contributed by atoms with van der Waals surface area (Å²) in [6.45, 7) is 1.83. The van der Waals surface area contributed by atoms with E-state index in [0.29, 0.717) is 23.3 Å². The number of thiol groups is 1. The highest BCUT2D eigenvalue weighted by Gasteiger charge is 2.17. The number of nitrogens with two attached hydrogens (primary N) is 1. The maximum atomic E-state index is 12.0. The number of fused-ring (bicyclic) bond motifs is 1. The van der Waals surface area contributed by atoms with Crippen molar-refractivity contribution in [1.29, 1.82) is 0 Å². The number of aromatic nitrogens is 2. The van der Waals surface area contributed by atoms with Crippen molar-refractivity contribution in [2.75, 3.05) is 7.11 Å². The van der Waals surface area contributed by atoms with Gasteiger partial charge in [-0.15, -0.1) is 0 Å². The smallest absolute Gasteiger partial charge is 0.251 e. The molecule has 2 aromatic carbocycles. The van der Waals surface area contributed by atoms with Crippen LogP contribution in [-0.2, 0) is 6.42 Å². The molecular weight excluding hydrogens is 310 g/mol. The monoisotopic (exact) mass is 327 g/mol. The second-order valence-electron chi connectivity index (χ2n) is 5.33. The van der Waals surface area contributed by atoms with E-state index in [9.17, 15) is 4.79 Å². The second-order valence-corrected chi connectivity index (χ2v) is 5.73. The van der Waals surface area contributed by atoms with Crippen molar-refractivity contribution >= 4 is 29.8 Å². The molecule has 6 heteroatoms. The average Bonchev–Trinajstić information content (AvgIpc) is 2.82. The van der Waals surface area contributed by atoms with Gasteiger partial charge in [-0.1, -0.05) is 31.0 Å². The van der Waals surface area contributed by atoms with E-state index >= 15 is 0 Å². The molecule has 23 heavy (non-hydrogen) atoms. The Morgan fingerprint density at radius 2 is 1.96 bits per heavy atom. The molecular formula is C17H17N3O2S. The number of rotatable bonds is 4. The fraction of sp³-hybridized carbons (Fsp3) is 0.176. The Bertz CT molecular complexity index is 885. The summed E-state index contributed by atoms with van der Waals surface area (Å²) in [5.74, 6) is 1.03. The molecule has 2 N–H and O–H groups in total. The Kier molecular flexibility index (Phi) is 4.00. The first-order valence-corrected chi connectivity index (χ1v) is 7.54. The lowest BCUT2D eigenvalue weighted by molar-refractivity contribution is 0.100. The van der Waals surface area contributed by atoms with Gasteiger partial charge in [0.25, 0.3) is 5.91 Å². The standard InChI is InChI=1S/C17H17N3O2S/c1-10-19-16-14(20(10)23)8-5-12(15(16)17(18)21)9-11-3-6-13(22-2)7-4-11/h3-8,23H,9H2,1-2H3,(H2,18,21). The first kappa shape index (κ1) is 15.4. The van der Waals surface area contributed by atoms with Gasteiger partial charge >= 0.3 is 0 Å². The van der Waals surface area contributed by atoms with Crippen LogP contribution in [0.25, 0.3) is 11.0 Å². The Hall–Kier alpha value is -2.47. The number of benzene rings is 2. The summed E-state index contributed by atoms with van der Waals surface area (Å²) in [7, 11) is 1.63. The van der Waals surface area contributed by atoms with Crippen LogP contribution in [0.3, 0.4) is 0 Å². The van der Waals surface area contributed by atoms with E-state index in [1.54, 1.807) is 11.1 Å². The van der Waals surface area contributed by atoms with E-state index in [1.807, 2.05) is 43.3 Å². The highest BCUT2D eigenvalue weighted by molar-refractivity contribution is 7.78. The van der Waals surface area contributed by atoms with Gasteiger partial charge in [-0.05, 0) is 42.7 Å².